The number of nitrogens with zero attached hydrogens (tertiary/aromatic N) is 4. The fourth-order valence-electron chi connectivity index (χ4n) is 2.98. The molecule has 1 N–H and O–H groups in total. The minimum Gasteiger partial charge on any atom is -0.352 e. The first kappa shape index (κ1) is 19.7. The van der Waals surface area contributed by atoms with E-state index in [0.29, 0.717) is 44.6 Å². The Labute approximate surface area is 161 Å². The molecule has 1 aromatic heterocycles. The van der Waals surface area contributed by atoms with Crippen LogP contribution in [0.25, 0.3) is 0 Å². The number of anilines is 1. The summed E-state index contributed by atoms with van der Waals surface area (Å²) in [5, 5.41) is 2.55. The third-order valence-electron chi connectivity index (χ3n) is 4.50. The van der Waals surface area contributed by atoms with Crippen LogP contribution in [0.15, 0.2) is 36.7 Å². The Hall–Kier alpha value is -3.10. The largest absolute Gasteiger partial charge is 0.352 e. The average molecular weight is 389 g/mol. The van der Waals surface area contributed by atoms with E-state index in [1.165, 1.54) is 0 Å². The molecule has 0 spiro atoms. The number of carbonyl (C=O) groups is 2. The van der Waals surface area contributed by atoms with Crippen molar-refractivity contribution in [3.8, 4) is 0 Å². The van der Waals surface area contributed by atoms with E-state index >= 15 is 0 Å². The predicted octanol–water partition coefficient (Wildman–Crippen LogP) is 1.61. The summed E-state index contributed by atoms with van der Waals surface area (Å²) in [5.74, 6) is -1.60. The van der Waals surface area contributed by atoms with Gasteiger partial charge in [-0.25, -0.2) is 18.7 Å². The molecule has 1 aromatic carbocycles. The van der Waals surface area contributed by atoms with Crippen molar-refractivity contribution in [3.05, 3.63) is 53.9 Å². The second-order valence-corrected chi connectivity index (χ2v) is 6.40. The van der Waals surface area contributed by atoms with Gasteiger partial charge in [-0.3, -0.25) is 9.59 Å². The highest BCUT2D eigenvalue weighted by Gasteiger charge is 2.22. The van der Waals surface area contributed by atoms with E-state index in [2.05, 4.69) is 15.3 Å². The molecule has 1 aliphatic rings. The van der Waals surface area contributed by atoms with Crippen molar-refractivity contribution in [2.45, 2.75) is 12.8 Å². The fourth-order valence-corrected chi connectivity index (χ4v) is 2.98. The maximum atomic E-state index is 13.6. The Balaban J connectivity index is 1.37. The molecule has 1 fully saturated rings. The van der Waals surface area contributed by atoms with E-state index in [0.717, 1.165) is 12.1 Å². The molecule has 9 heteroatoms. The van der Waals surface area contributed by atoms with Gasteiger partial charge in [0.1, 0.15) is 11.6 Å². The number of hydrogen-bond donors (Lipinski definition) is 1. The first-order chi connectivity index (χ1) is 13.5. The molecule has 0 bridgehead atoms. The van der Waals surface area contributed by atoms with Crippen molar-refractivity contribution < 1.29 is 18.4 Å². The molecular weight excluding hydrogens is 368 g/mol. The standard InChI is InChI=1S/C19H21F2N5O2/c20-14-4-5-15(16(21)13-14)18(28)22-6-1-3-17(27)25-9-11-26(12-10-25)19-23-7-2-8-24-19/h2,4-5,7-8,13H,1,3,6,9-12H2,(H,22,28). The zero-order valence-electron chi connectivity index (χ0n) is 15.3. The van der Waals surface area contributed by atoms with Crippen LogP contribution in [-0.2, 0) is 4.79 Å². The van der Waals surface area contributed by atoms with Gasteiger partial charge in [0.2, 0.25) is 11.9 Å². The van der Waals surface area contributed by atoms with Crippen molar-refractivity contribution in [2.24, 2.45) is 0 Å². The lowest BCUT2D eigenvalue weighted by atomic mass is 10.2. The monoisotopic (exact) mass is 389 g/mol. The van der Waals surface area contributed by atoms with Gasteiger partial charge in [-0.15, -0.1) is 0 Å². The van der Waals surface area contributed by atoms with Crippen LogP contribution >= 0.6 is 0 Å². The molecule has 0 aliphatic carbocycles. The molecule has 2 heterocycles. The van der Waals surface area contributed by atoms with Gasteiger partial charge in [-0.2, -0.15) is 0 Å². The van der Waals surface area contributed by atoms with Crippen LogP contribution in [0.1, 0.15) is 23.2 Å². The number of nitrogens with one attached hydrogen (secondary N) is 1. The van der Waals surface area contributed by atoms with Crippen molar-refractivity contribution >= 4 is 17.8 Å². The maximum Gasteiger partial charge on any atom is 0.254 e. The average Bonchev–Trinajstić information content (AvgIpc) is 2.71. The highest BCUT2D eigenvalue weighted by Crippen LogP contribution is 2.11. The zero-order chi connectivity index (χ0) is 19.9. The molecule has 1 aliphatic heterocycles. The quantitative estimate of drug-likeness (QED) is 0.760. The summed E-state index contributed by atoms with van der Waals surface area (Å²) in [6, 6.07) is 4.55. The van der Waals surface area contributed by atoms with E-state index in [1.54, 1.807) is 23.4 Å². The number of aromatic nitrogens is 2. The molecule has 0 atom stereocenters. The lowest BCUT2D eigenvalue weighted by Crippen LogP contribution is -2.49. The number of rotatable bonds is 6. The summed E-state index contributed by atoms with van der Waals surface area (Å²) < 4.78 is 26.4. The summed E-state index contributed by atoms with van der Waals surface area (Å²) in [6.07, 6.45) is 4.10. The number of hydrogen-bond acceptors (Lipinski definition) is 5. The van der Waals surface area contributed by atoms with Crippen LogP contribution in [0.5, 0.6) is 0 Å². The van der Waals surface area contributed by atoms with Gasteiger partial charge in [0, 0.05) is 57.6 Å². The second kappa shape index (κ2) is 9.20. The number of amides is 2. The van der Waals surface area contributed by atoms with E-state index in [-0.39, 0.29) is 24.4 Å². The Morgan fingerprint density at radius 1 is 1.07 bits per heavy atom. The lowest BCUT2D eigenvalue weighted by Gasteiger charge is -2.34. The fraction of sp³-hybridized carbons (Fsp3) is 0.368. The number of benzene rings is 1. The van der Waals surface area contributed by atoms with Crippen molar-refractivity contribution in [1.29, 1.82) is 0 Å². The molecule has 148 valence electrons. The van der Waals surface area contributed by atoms with Crippen LogP contribution in [0.4, 0.5) is 14.7 Å². The minimum absolute atomic E-state index is 0.0100. The zero-order valence-corrected chi connectivity index (χ0v) is 15.3. The first-order valence-corrected chi connectivity index (χ1v) is 9.07. The van der Waals surface area contributed by atoms with E-state index < -0.39 is 17.5 Å². The van der Waals surface area contributed by atoms with Crippen molar-refractivity contribution in [2.75, 3.05) is 37.6 Å². The minimum atomic E-state index is -0.908. The Kier molecular flexibility index (Phi) is 6.46. The van der Waals surface area contributed by atoms with Crippen LogP contribution < -0.4 is 10.2 Å². The van der Waals surface area contributed by atoms with Gasteiger partial charge >= 0.3 is 0 Å². The third-order valence-corrected chi connectivity index (χ3v) is 4.50. The van der Waals surface area contributed by atoms with Gasteiger partial charge in [0.25, 0.3) is 5.91 Å². The summed E-state index contributed by atoms with van der Waals surface area (Å²) in [4.78, 5) is 36.4. The topological polar surface area (TPSA) is 78.4 Å². The van der Waals surface area contributed by atoms with Gasteiger partial charge in [-0.05, 0) is 24.6 Å². The molecule has 0 unspecified atom stereocenters. The summed E-state index contributed by atoms with van der Waals surface area (Å²) in [6.45, 7) is 2.74. The van der Waals surface area contributed by atoms with E-state index in [4.69, 9.17) is 0 Å². The SMILES string of the molecule is O=C(NCCCC(=O)N1CCN(c2ncccn2)CC1)c1ccc(F)cc1F. The highest BCUT2D eigenvalue weighted by atomic mass is 19.1. The molecule has 2 amide bonds. The molecular formula is C19H21F2N5O2. The summed E-state index contributed by atoms with van der Waals surface area (Å²) in [7, 11) is 0. The van der Waals surface area contributed by atoms with E-state index in [9.17, 15) is 18.4 Å². The van der Waals surface area contributed by atoms with Crippen LogP contribution in [0.2, 0.25) is 0 Å². The van der Waals surface area contributed by atoms with Crippen molar-refractivity contribution in [1.82, 2.24) is 20.2 Å². The molecule has 2 aromatic rings. The first-order valence-electron chi connectivity index (χ1n) is 9.07. The predicted molar refractivity (Wildman–Crippen MR) is 98.8 cm³/mol. The molecule has 1 saturated heterocycles. The smallest absolute Gasteiger partial charge is 0.254 e. The van der Waals surface area contributed by atoms with E-state index in [1.807, 2.05) is 4.90 Å². The number of piperazine rings is 1. The molecule has 0 radical (unpaired) electrons. The Bertz CT molecular complexity index is 826. The van der Waals surface area contributed by atoms with Gasteiger partial charge < -0.3 is 15.1 Å². The molecule has 0 saturated carbocycles. The molecule has 28 heavy (non-hydrogen) atoms. The summed E-state index contributed by atoms with van der Waals surface area (Å²) in [5.41, 5.74) is -0.216. The normalized spacial score (nSPS) is 14.1. The maximum absolute atomic E-state index is 13.6. The van der Waals surface area contributed by atoms with Crippen molar-refractivity contribution in [3.63, 3.8) is 0 Å². The second-order valence-electron chi connectivity index (χ2n) is 6.40. The Morgan fingerprint density at radius 2 is 1.79 bits per heavy atom. The lowest BCUT2D eigenvalue weighted by molar-refractivity contribution is -0.131. The van der Waals surface area contributed by atoms with Crippen LogP contribution in [0.3, 0.4) is 0 Å². The number of carbonyl (C=O) groups excluding carboxylic acids is 2. The number of halogens is 2. The highest BCUT2D eigenvalue weighted by molar-refractivity contribution is 5.94. The third kappa shape index (κ3) is 4.99. The summed E-state index contributed by atoms with van der Waals surface area (Å²) >= 11 is 0. The van der Waals surface area contributed by atoms with Gasteiger partial charge in [-0.1, -0.05) is 0 Å². The molecule has 3 rings (SSSR count). The van der Waals surface area contributed by atoms with Gasteiger partial charge in [0.05, 0.1) is 5.56 Å². The Morgan fingerprint density at radius 3 is 2.46 bits per heavy atom. The van der Waals surface area contributed by atoms with Gasteiger partial charge in [0.15, 0.2) is 0 Å². The van der Waals surface area contributed by atoms with Crippen LogP contribution in [-0.4, -0.2) is 59.4 Å². The van der Waals surface area contributed by atoms with Crippen LogP contribution in [0, 0.1) is 11.6 Å². The molecule has 7 nitrogen and oxygen atoms in total.